The van der Waals surface area contributed by atoms with Crippen molar-refractivity contribution < 1.29 is 14.3 Å². The monoisotopic (exact) mass is 374 g/mol. The smallest absolute Gasteiger partial charge is 0.234 e. The zero-order valence-corrected chi connectivity index (χ0v) is 15.5. The maximum absolute atomic E-state index is 12.2. The van der Waals surface area contributed by atoms with Gasteiger partial charge in [-0.15, -0.1) is 0 Å². The minimum atomic E-state index is -0.0890. The average Bonchev–Trinajstić information content (AvgIpc) is 2.67. The van der Waals surface area contributed by atoms with Crippen LogP contribution in [0.15, 0.2) is 48.5 Å². The van der Waals surface area contributed by atoms with Gasteiger partial charge in [0.25, 0.3) is 0 Å². The Labute approximate surface area is 158 Å². The second-order valence-electron chi connectivity index (χ2n) is 6.23. The lowest BCUT2D eigenvalue weighted by molar-refractivity contribution is -0.122. The van der Waals surface area contributed by atoms with E-state index in [1.807, 2.05) is 55.5 Å². The van der Waals surface area contributed by atoms with Crippen molar-refractivity contribution in [2.75, 3.05) is 26.2 Å². The van der Waals surface area contributed by atoms with E-state index in [0.29, 0.717) is 31.3 Å². The minimum Gasteiger partial charge on any atom is -0.486 e. The molecule has 0 aromatic heterocycles. The highest BCUT2D eigenvalue weighted by Crippen LogP contribution is 2.30. The molecule has 1 aliphatic rings. The first kappa shape index (κ1) is 18.5. The molecule has 0 saturated carbocycles. The number of carbonyl (C=O) groups excluding carboxylic acids is 1. The van der Waals surface area contributed by atoms with E-state index < -0.39 is 0 Å². The summed E-state index contributed by atoms with van der Waals surface area (Å²) >= 11 is 5.87. The number of hydrogen-bond donors (Lipinski definition) is 1. The Hall–Kier alpha value is -2.24. The summed E-state index contributed by atoms with van der Waals surface area (Å²) in [7, 11) is 0. The molecule has 0 fully saturated rings. The third kappa shape index (κ3) is 5.13. The van der Waals surface area contributed by atoms with Crippen LogP contribution in [-0.4, -0.2) is 43.2 Å². The van der Waals surface area contributed by atoms with Gasteiger partial charge in [0.05, 0.1) is 6.54 Å². The van der Waals surface area contributed by atoms with Crippen LogP contribution < -0.4 is 14.8 Å². The second-order valence-corrected chi connectivity index (χ2v) is 6.66. The highest BCUT2D eigenvalue weighted by molar-refractivity contribution is 6.30. The highest BCUT2D eigenvalue weighted by Gasteiger charge is 2.23. The molecule has 2 aromatic carbocycles. The van der Waals surface area contributed by atoms with Crippen molar-refractivity contribution in [3.8, 4) is 11.5 Å². The highest BCUT2D eigenvalue weighted by atomic mass is 35.5. The summed E-state index contributed by atoms with van der Waals surface area (Å²) < 4.78 is 11.7. The van der Waals surface area contributed by atoms with Crippen molar-refractivity contribution in [1.82, 2.24) is 10.2 Å². The Morgan fingerprint density at radius 1 is 1.19 bits per heavy atom. The Bertz CT molecular complexity index is 736. The van der Waals surface area contributed by atoms with Crippen molar-refractivity contribution in [2.24, 2.45) is 0 Å². The first-order chi connectivity index (χ1) is 12.6. The van der Waals surface area contributed by atoms with Crippen molar-refractivity contribution in [3.63, 3.8) is 0 Å². The predicted molar refractivity (Wildman–Crippen MR) is 102 cm³/mol. The van der Waals surface area contributed by atoms with Gasteiger partial charge in [0, 0.05) is 18.1 Å². The van der Waals surface area contributed by atoms with Crippen molar-refractivity contribution in [2.45, 2.75) is 19.6 Å². The molecule has 26 heavy (non-hydrogen) atoms. The fourth-order valence-electron chi connectivity index (χ4n) is 2.81. The van der Waals surface area contributed by atoms with Crippen LogP contribution in [0.5, 0.6) is 11.5 Å². The van der Waals surface area contributed by atoms with E-state index in [0.717, 1.165) is 23.6 Å². The Balaban J connectivity index is 1.46. The van der Waals surface area contributed by atoms with Gasteiger partial charge in [0.15, 0.2) is 11.5 Å². The van der Waals surface area contributed by atoms with Gasteiger partial charge in [-0.2, -0.15) is 0 Å². The molecule has 0 bridgehead atoms. The maximum Gasteiger partial charge on any atom is 0.234 e. The molecule has 0 aliphatic carbocycles. The number of halogens is 1. The number of carbonyl (C=O) groups is 1. The van der Waals surface area contributed by atoms with E-state index in [4.69, 9.17) is 21.1 Å². The van der Waals surface area contributed by atoms with Crippen molar-refractivity contribution in [3.05, 3.63) is 59.1 Å². The molecule has 138 valence electrons. The number of nitrogens with one attached hydrogen (secondary N) is 1. The molecule has 0 saturated heterocycles. The van der Waals surface area contributed by atoms with E-state index in [1.54, 1.807) is 0 Å². The van der Waals surface area contributed by atoms with E-state index in [2.05, 4.69) is 10.2 Å². The van der Waals surface area contributed by atoms with Crippen molar-refractivity contribution in [1.29, 1.82) is 0 Å². The maximum atomic E-state index is 12.2. The van der Waals surface area contributed by atoms with E-state index in [1.165, 1.54) is 0 Å². The van der Waals surface area contributed by atoms with Gasteiger partial charge in [-0.1, -0.05) is 42.8 Å². The number of para-hydroxylation sites is 2. The normalized spacial score (nSPS) is 15.7. The van der Waals surface area contributed by atoms with Gasteiger partial charge >= 0.3 is 0 Å². The molecule has 1 N–H and O–H groups in total. The van der Waals surface area contributed by atoms with E-state index in [-0.39, 0.29) is 12.0 Å². The summed E-state index contributed by atoms with van der Waals surface area (Å²) in [4.78, 5) is 14.3. The fraction of sp³-hybridized carbons (Fsp3) is 0.350. The van der Waals surface area contributed by atoms with Gasteiger partial charge in [0.2, 0.25) is 5.91 Å². The number of benzene rings is 2. The molecule has 0 spiro atoms. The molecule has 1 aliphatic heterocycles. The summed E-state index contributed by atoms with van der Waals surface area (Å²) in [6.45, 7) is 4.73. The minimum absolute atomic E-state index is 0.0149. The first-order valence-corrected chi connectivity index (χ1v) is 9.14. The standard InChI is InChI=1S/C20H23ClN2O3/c1-2-23(12-17-14-25-18-5-3-4-6-19(18)26-17)13-20(24)22-11-15-7-9-16(21)10-8-15/h3-10,17H,2,11-14H2,1H3,(H,22,24). The average molecular weight is 375 g/mol. The van der Waals surface area contributed by atoms with Crippen LogP contribution in [0.2, 0.25) is 5.02 Å². The largest absolute Gasteiger partial charge is 0.486 e. The molecule has 1 heterocycles. The molecule has 1 amide bonds. The molecule has 3 rings (SSSR count). The number of hydrogen-bond acceptors (Lipinski definition) is 4. The zero-order valence-electron chi connectivity index (χ0n) is 14.8. The summed E-state index contributed by atoms with van der Waals surface area (Å²) in [5.74, 6) is 1.51. The zero-order chi connectivity index (χ0) is 18.4. The molecule has 1 atom stereocenters. The molecule has 5 nitrogen and oxygen atoms in total. The number of ether oxygens (including phenoxy) is 2. The van der Waals surface area contributed by atoms with E-state index in [9.17, 15) is 4.79 Å². The molecule has 0 radical (unpaired) electrons. The summed E-state index contributed by atoms with van der Waals surface area (Å²) in [5.41, 5.74) is 1.02. The van der Waals surface area contributed by atoms with Crippen LogP contribution in [0.1, 0.15) is 12.5 Å². The molecular formula is C20H23ClN2O3. The topological polar surface area (TPSA) is 50.8 Å². The lowest BCUT2D eigenvalue weighted by Gasteiger charge is -2.30. The van der Waals surface area contributed by atoms with Crippen molar-refractivity contribution >= 4 is 17.5 Å². The molecular weight excluding hydrogens is 352 g/mol. The lowest BCUT2D eigenvalue weighted by Crippen LogP contribution is -2.44. The Kier molecular flexibility index (Phi) is 6.36. The van der Waals surface area contributed by atoms with Gasteiger partial charge in [-0.05, 0) is 36.4 Å². The molecule has 1 unspecified atom stereocenters. The van der Waals surface area contributed by atoms with Gasteiger partial charge in [-0.3, -0.25) is 9.69 Å². The summed E-state index contributed by atoms with van der Waals surface area (Å²) in [6, 6.07) is 15.1. The van der Waals surface area contributed by atoms with Gasteiger partial charge in [-0.25, -0.2) is 0 Å². The summed E-state index contributed by atoms with van der Waals surface area (Å²) in [6.07, 6.45) is -0.0890. The number of rotatable bonds is 7. The first-order valence-electron chi connectivity index (χ1n) is 8.76. The Morgan fingerprint density at radius 3 is 2.65 bits per heavy atom. The second kappa shape index (κ2) is 8.92. The Morgan fingerprint density at radius 2 is 1.92 bits per heavy atom. The van der Waals surface area contributed by atoms with Crippen LogP contribution in [0, 0.1) is 0 Å². The summed E-state index contributed by atoms with van der Waals surface area (Å²) in [5, 5.41) is 3.63. The number of fused-ring (bicyclic) bond motifs is 1. The lowest BCUT2D eigenvalue weighted by atomic mass is 10.2. The number of likely N-dealkylation sites (N-methyl/N-ethyl adjacent to an activating group) is 1. The fourth-order valence-corrected chi connectivity index (χ4v) is 2.93. The third-order valence-electron chi connectivity index (χ3n) is 4.25. The molecule has 6 heteroatoms. The SMILES string of the molecule is CCN(CC(=O)NCc1ccc(Cl)cc1)CC1COc2ccccc2O1. The van der Waals surface area contributed by atoms with Crippen LogP contribution >= 0.6 is 11.6 Å². The van der Waals surface area contributed by atoms with Gasteiger partial charge in [0.1, 0.15) is 12.7 Å². The van der Waals surface area contributed by atoms with Crippen LogP contribution in [0.4, 0.5) is 0 Å². The van der Waals surface area contributed by atoms with Gasteiger partial charge < -0.3 is 14.8 Å². The van der Waals surface area contributed by atoms with Crippen LogP contribution in [0.25, 0.3) is 0 Å². The molecule has 2 aromatic rings. The third-order valence-corrected chi connectivity index (χ3v) is 4.50. The van der Waals surface area contributed by atoms with Crippen LogP contribution in [0.3, 0.4) is 0 Å². The van der Waals surface area contributed by atoms with Crippen LogP contribution in [-0.2, 0) is 11.3 Å². The number of nitrogens with zero attached hydrogens (tertiary/aromatic N) is 1. The predicted octanol–water partition coefficient (Wildman–Crippen LogP) is 3.12. The quantitative estimate of drug-likeness (QED) is 0.809. The number of amides is 1. The van der Waals surface area contributed by atoms with E-state index >= 15 is 0 Å².